The van der Waals surface area contributed by atoms with Crippen LogP contribution in [0.15, 0.2) is 11.5 Å². The highest BCUT2D eigenvalue weighted by Gasteiger charge is 2.44. The predicted molar refractivity (Wildman–Crippen MR) is 98.1 cm³/mol. The van der Waals surface area contributed by atoms with Crippen LogP contribution in [0, 0.1) is 5.92 Å². The fourth-order valence-corrected chi connectivity index (χ4v) is 3.25. The highest BCUT2D eigenvalue weighted by molar-refractivity contribution is 7.98. The van der Waals surface area contributed by atoms with Crippen LogP contribution in [0.4, 0.5) is 5.82 Å². The fourth-order valence-electron chi connectivity index (χ4n) is 2.89. The number of nitrogens with zero attached hydrogens (tertiary/aromatic N) is 4. The van der Waals surface area contributed by atoms with Gasteiger partial charge in [0.1, 0.15) is 18.3 Å². The highest BCUT2D eigenvalue weighted by atomic mass is 32.2. The number of hydrogen-bond acceptors (Lipinski definition) is 9. The van der Waals surface area contributed by atoms with Crippen LogP contribution in [0.2, 0.25) is 0 Å². The number of rotatable bonds is 7. The van der Waals surface area contributed by atoms with Gasteiger partial charge in [-0.1, -0.05) is 25.6 Å². The van der Waals surface area contributed by atoms with Crippen molar-refractivity contribution in [1.82, 2.24) is 19.5 Å². The Kier molecular flexibility index (Phi) is 5.98. The number of aromatic nitrogens is 4. The Balaban J connectivity index is 1.95. The predicted octanol–water partition coefficient (Wildman–Crippen LogP) is 0.618. The molecule has 1 saturated heterocycles. The quantitative estimate of drug-likeness (QED) is 0.402. The van der Waals surface area contributed by atoms with E-state index in [1.165, 1.54) is 18.1 Å². The summed E-state index contributed by atoms with van der Waals surface area (Å²) in [4.78, 5) is 13.4. The number of anilines is 1. The molecule has 4 N–H and O–H groups in total. The summed E-state index contributed by atoms with van der Waals surface area (Å²) in [6.07, 6.45) is 0.306. The minimum Gasteiger partial charge on any atom is -0.394 e. The first-order valence-electron chi connectivity index (χ1n) is 8.61. The third-order valence-corrected chi connectivity index (χ3v) is 4.94. The molecule has 9 nitrogen and oxygen atoms in total. The molecule has 0 aliphatic carbocycles. The molecule has 1 aliphatic heterocycles. The Hall–Kier alpha value is -1.46. The van der Waals surface area contributed by atoms with Crippen LogP contribution in [0.1, 0.15) is 26.5 Å². The third kappa shape index (κ3) is 3.65. The smallest absolute Gasteiger partial charge is 0.191 e. The van der Waals surface area contributed by atoms with Crippen molar-refractivity contribution in [3.63, 3.8) is 0 Å². The first kappa shape index (κ1) is 19.3. The van der Waals surface area contributed by atoms with Gasteiger partial charge in [-0.05, 0) is 18.6 Å². The van der Waals surface area contributed by atoms with Crippen molar-refractivity contribution in [2.45, 2.75) is 50.0 Å². The van der Waals surface area contributed by atoms with Gasteiger partial charge in [0.25, 0.3) is 0 Å². The van der Waals surface area contributed by atoms with Gasteiger partial charge in [0.05, 0.1) is 12.9 Å². The molecular weight excluding hydrogens is 358 g/mol. The zero-order valence-electron chi connectivity index (χ0n) is 15.0. The Bertz CT molecular complexity index is 756. The van der Waals surface area contributed by atoms with Gasteiger partial charge in [-0.2, -0.15) is 0 Å². The lowest BCUT2D eigenvalue weighted by Gasteiger charge is -2.17. The molecule has 0 saturated carbocycles. The normalized spacial score (nSPS) is 26.1. The first-order valence-corrected chi connectivity index (χ1v) is 9.83. The van der Waals surface area contributed by atoms with E-state index in [2.05, 4.69) is 34.1 Å². The molecular formula is C16H25N5O4S. The molecule has 0 aromatic carbocycles. The lowest BCUT2D eigenvalue weighted by Crippen LogP contribution is -2.33. The van der Waals surface area contributed by atoms with E-state index >= 15 is 0 Å². The van der Waals surface area contributed by atoms with Crippen molar-refractivity contribution in [2.75, 3.05) is 24.7 Å². The van der Waals surface area contributed by atoms with Crippen molar-refractivity contribution in [1.29, 1.82) is 0 Å². The molecule has 2 aromatic heterocycles. The number of aliphatic hydroxyl groups excluding tert-OH is 3. The summed E-state index contributed by atoms with van der Waals surface area (Å²) >= 11 is 1.40. The van der Waals surface area contributed by atoms with Crippen LogP contribution in [-0.4, -0.2) is 72.6 Å². The largest absolute Gasteiger partial charge is 0.394 e. The van der Waals surface area contributed by atoms with Crippen molar-refractivity contribution in [2.24, 2.45) is 5.92 Å². The van der Waals surface area contributed by atoms with Gasteiger partial charge in [-0.15, -0.1) is 0 Å². The number of fused-ring (bicyclic) bond motifs is 1. The Morgan fingerprint density at radius 2 is 2.08 bits per heavy atom. The molecule has 1 aliphatic rings. The van der Waals surface area contributed by atoms with Crippen LogP contribution < -0.4 is 5.32 Å². The minimum absolute atomic E-state index is 0.381. The molecule has 0 bridgehead atoms. The zero-order valence-corrected chi connectivity index (χ0v) is 15.8. The monoisotopic (exact) mass is 383 g/mol. The van der Waals surface area contributed by atoms with Crippen LogP contribution in [0.5, 0.6) is 0 Å². The van der Waals surface area contributed by atoms with Gasteiger partial charge < -0.3 is 25.4 Å². The van der Waals surface area contributed by atoms with Crippen LogP contribution in [-0.2, 0) is 4.74 Å². The van der Waals surface area contributed by atoms with E-state index in [0.717, 1.165) is 13.0 Å². The summed E-state index contributed by atoms with van der Waals surface area (Å²) in [5.74, 6) is 1.20. The summed E-state index contributed by atoms with van der Waals surface area (Å²) < 4.78 is 7.18. The summed E-state index contributed by atoms with van der Waals surface area (Å²) in [6, 6.07) is 0. The molecule has 0 radical (unpaired) electrons. The lowest BCUT2D eigenvalue weighted by molar-refractivity contribution is -0.0511. The minimum atomic E-state index is -1.19. The van der Waals surface area contributed by atoms with E-state index in [1.807, 2.05) is 6.26 Å². The van der Waals surface area contributed by atoms with Crippen molar-refractivity contribution in [3.8, 4) is 0 Å². The second-order valence-corrected chi connectivity index (χ2v) is 7.49. The lowest BCUT2D eigenvalue weighted by atomic mass is 10.1. The van der Waals surface area contributed by atoms with Gasteiger partial charge in [0.2, 0.25) is 0 Å². The van der Waals surface area contributed by atoms with Crippen molar-refractivity contribution < 1.29 is 20.1 Å². The number of imidazole rings is 1. The molecule has 3 rings (SSSR count). The first-order chi connectivity index (χ1) is 12.5. The van der Waals surface area contributed by atoms with Gasteiger partial charge >= 0.3 is 0 Å². The van der Waals surface area contributed by atoms with Crippen LogP contribution in [0.25, 0.3) is 11.2 Å². The molecule has 26 heavy (non-hydrogen) atoms. The molecule has 10 heteroatoms. The number of thioether (sulfide) groups is 1. The summed E-state index contributed by atoms with van der Waals surface area (Å²) in [6.45, 7) is 4.69. The zero-order chi connectivity index (χ0) is 18.8. The highest BCUT2D eigenvalue weighted by Crippen LogP contribution is 2.33. The Labute approximate surface area is 155 Å². The summed E-state index contributed by atoms with van der Waals surface area (Å²) in [5.41, 5.74) is 1.08. The van der Waals surface area contributed by atoms with Gasteiger partial charge in [-0.3, -0.25) is 4.57 Å². The van der Waals surface area contributed by atoms with Crippen LogP contribution in [0.3, 0.4) is 0 Å². The van der Waals surface area contributed by atoms with Gasteiger partial charge in [0, 0.05) is 6.54 Å². The van der Waals surface area contributed by atoms with E-state index in [1.54, 1.807) is 4.57 Å². The number of nitrogens with one attached hydrogen (secondary N) is 1. The molecule has 144 valence electrons. The van der Waals surface area contributed by atoms with Crippen molar-refractivity contribution in [3.05, 3.63) is 6.33 Å². The number of ether oxygens (including phenoxy) is 1. The second kappa shape index (κ2) is 8.05. The average molecular weight is 383 g/mol. The Morgan fingerprint density at radius 1 is 1.31 bits per heavy atom. The molecule has 0 amide bonds. The van der Waals surface area contributed by atoms with Crippen LogP contribution >= 0.6 is 11.8 Å². The van der Waals surface area contributed by atoms with E-state index in [0.29, 0.717) is 28.1 Å². The summed E-state index contributed by atoms with van der Waals surface area (Å²) in [5, 5.41) is 33.5. The fraction of sp³-hybridized carbons (Fsp3) is 0.688. The van der Waals surface area contributed by atoms with Gasteiger partial charge in [-0.25, -0.2) is 15.0 Å². The van der Waals surface area contributed by atoms with Gasteiger partial charge in [0.15, 0.2) is 28.4 Å². The Morgan fingerprint density at radius 3 is 2.69 bits per heavy atom. The molecule has 1 fully saturated rings. The third-order valence-electron chi connectivity index (χ3n) is 4.39. The maximum Gasteiger partial charge on any atom is 0.191 e. The average Bonchev–Trinajstić information content (AvgIpc) is 3.16. The maximum atomic E-state index is 10.3. The molecule has 4 atom stereocenters. The standard InChI is InChI=1S/C16H25N5O4S/c1-8(2)4-5-17-13-10-14(20-16(19-13)26-3)21(7-18-10)15-12(24)11(23)9(6-22)25-15/h7-9,11-12,15,22-24H,4-6H2,1-3H3,(H,17,19,20). The van der Waals surface area contributed by atoms with E-state index in [9.17, 15) is 15.3 Å². The van der Waals surface area contributed by atoms with E-state index < -0.39 is 24.5 Å². The van der Waals surface area contributed by atoms with Crippen molar-refractivity contribution >= 4 is 28.7 Å². The molecule has 4 unspecified atom stereocenters. The summed E-state index contributed by atoms with van der Waals surface area (Å²) in [7, 11) is 0. The molecule has 3 heterocycles. The number of hydrogen-bond donors (Lipinski definition) is 4. The maximum absolute atomic E-state index is 10.3. The second-order valence-electron chi connectivity index (χ2n) is 6.72. The molecule has 0 spiro atoms. The number of aliphatic hydroxyl groups is 3. The SMILES string of the molecule is CSc1nc(NCCC(C)C)c2ncn(C3OC(CO)C(O)C3O)c2n1. The van der Waals surface area contributed by atoms with E-state index in [-0.39, 0.29) is 6.61 Å². The molecule has 2 aromatic rings. The topological polar surface area (TPSA) is 126 Å². The van der Waals surface area contributed by atoms with E-state index in [4.69, 9.17) is 4.74 Å².